The molecule has 2 aromatic heterocycles. The first-order valence-corrected chi connectivity index (χ1v) is 11.9. The Morgan fingerprint density at radius 3 is 2.47 bits per heavy atom. The Balaban J connectivity index is 1.67. The van der Waals surface area contributed by atoms with Gasteiger partial charge in [-0.25, -0.2) is 0 Å². The number of carboxylic acids is 1. The first kappa shape index (κ1) is 20.3. The molecule has 0 aliphatic rings. The van der Waals surface area contributed by atoms with Crippen LogP contribution in [0.4, 0.5) is 11.5 Å². The Morgan fingerprint density at radius 1 is 1.03 bits per heavy atom. The molecule has 0 unspecified atom stereocenters. The van der Waals surface area contributed by atoms with E-state index in [1.54, 1.807) is 25.1 Å². The number of carbonyl (C=O) groups is 2. The third kappa shape index (κ3) is 4.31. The topological polar surface area (TPSA) is 92.2 Å². The summed E-state index contributed by atoms with van der Waals surface area (Å²) in [4.78, 5) is 31.9. The fourth-order valence-electron chi connectivity index (χ4n) is 2.98. The summed E-state index contributed by atoms with van der Waals surface area (Å²) in [6.45, 7) is 1.54. The summed E-state index contributed by atoms with van der Waals surface area (Å²) < 4.78 is 1.52. The van der Waals surface area contributed by atoms with Gasteiger partial charge in [0.1, 0.15) is 0 Å². The Bertz CT molecular complexity index is 1270. The van der Waals surface area contributed by atoms with Crippen molar-refractivity contribution in [1.82, 2.24) is 9.97 Å². The molecule has 6 nitrogen and oxygen atoms in total. The van der Waals surface area contributed by atoms with Crippen LogP contribution in [-0.4, -0.2) is 47.6 Å². The van der Waals surface area contributed by atoms with E-state index in [-0.39, 0.29) is 20.3 Å². The van der Waals surface area contributed by atoms with Crippen molar-refractivity contribution >= 4 is 59.2 Å². The van der Waals surface area contributed by atoms with Gasteiger partial charge in [0, 0.05) is 0 Å². The van der Waals surface area contributed by atoms with Crippen LogP contribution in [0.1, 0.15) is 26.5 Å². The number of nitrogens with one attached hydrogen (secondary N) is 1. The van der Waals surface area contributed by atoms with Crippen LogP contribution in [0.3, 0.4) is 0 Å². The summed E-state index contributed by atoms with van der Waals surface area (Å²) in [5.41, 5.74) is 3.14. The summed E-state index contributed by atoms with van der Waals surface area (Å²) in [7, 11) is 0. The number of ketones is 1. The number of aromatic carboxylic acids is 1. The van der Waals surface area contributed by atoms with Gasteiger partial charge in [-0.3, -0.25) is 4.79 Å². The van der Waals surface area contributed by atoms with Crippen molar-refractivity contribution in [3.8, 4) is 11.3 Å². The number of rotatable bonds is 6. The number of Topliss-reactive ketones (excluding diaryl/α,β-unsaturated/α-hetero) is 1. The minimum absolute atomic E-state index is 0.0227. The van der Waals surface area contributed by atoms with E-state index in [4.69, 9.17) is 0 Å². The second-order valence-corrected chi connectivity index (χ2v) is 9.60. The normalized spacial score (nSPS) is 10.9. The number of hydrogen-bond acceptors (Lipinski definition) is 6. The molecular formula is C22H17N3O3SSe. The van der Waals surface area contributed by atoms with Crippen LogP contribution >= 0.6 is 11.8 Å². The summed E-state index contributed by atoms with van der Waals surface area (Å²) in [5.74, 6) is -0.193. The van der Waals surface area contributed by atoms with Gasteiger partial charge < -0.3 is 0 Å². The molecule has 0 aliphatic carbocycles. The second-order valence-electron chi connectivity index (χ2n) is 6.55. The van der Waals surface area contributed by atoms with Gasteiger partial charge in [-0.2, -0.15) is 0 Å². The van der Waals surface area contributed by atoms with E-state index < -0.39 is 5.97 Å². The Labute approximate surface area is 183 Å². The first-order chi connectivity index (χ1) is 14.4. The zero-order valence-electron chi connectivity index (χ0n) is 16.2. The van der Waals surface area contributed by atoms with Crippen LogP contribution in [0.25, 0.3) is 20.9 Å². The zero-order valence-corrected chi connectivity index (χ0v) is 18.7. The third-order valence-electron chi connectivity index (χ3n) is 4.47. The SMILES string of the molecule is CSc1nc(Nc2ccc3[se]c(C(=O)O)cc3c2)cc(-c2ccc(C(C)=O)cc2)n1. The monoisotopic (exact) mass is 483 g/mol. The van der Waals surface area contributed by atoms with Gasteiger partial charge in [0.15, 0.2) is 5.78 Å². The van der Waals surface area contributed by atoms with Crippen LogP contribution in [0, 0.1) is 0 Å². The van der Waals surface area contributed by atoms with Gasteiger partial charge in [0.25, 0.3) is 0 Å². The van der Waals surface area contributed by atoms with Gasteiger partial charge >= 0.3 is 166 Å². The summed E-state index contributed by atoms with van der Waals surface area (Å²) >= 11 is 1.28. The molecule has 4 rings (SSSR count). The van der Waals surface area contributed by atoms with E-state index >= 15 is 0 Å². The van der Waals surface area contributed by atoms with Gasteiger partial charge in [0.2, 0.25) is 0 Å². The van der Waals surface area contributed by atoms with E-state index in [0.717, 1.165) is 26.6 Å². The predicted molar refractivity (Wildman–Crippen MR) is 120 cm³/mol. The molecule has 0 amide bonds. The fraction of sp³-hybridized carbons (Fsp3) is 0.0909. The van der Waals surface area contributed by atoms with Crippen molar-refractivity contribution < 1.29 is 14.7 Å². The summed E-state index contributed by atoms with van der Waals surface area (Å²) in [6, 6.07) is 16.8. The maximum absolute atomic E-state index is 11.5. The second kappa shape index (κ2) is 8.44. The van der Waals surface area contributed by atoms with Gasteiger partial charge in [-0.05, 0) is 6.92 Å². The molecule has 4 aromatic rings. The maximum atomic E-state index is 11.5. The zero-order chi connectivity index (χ0) is 21.3. The predicted octanol–water partition coefficient (Wildman–Crippen LogP) is 4.72. The molecule has 0 bridgehead atoms. The first-order valence-electron chi connectivity index (χ1n) is 9.01. The summed E-state index contributed by atoms with van der Waals surface area (Å²) in [6.07, 6.45) is 1.91. The molecule has 0 spiro atoms. The quantitative estimate of drug-likeness (QED) is 0.178. The molecule has 2 heterocycles. The molecule has 0 saturated carbocycles. The molecule has 2 N–H and O–H groups in total. The number of fused-ring (bicyclic) bond motifs is 1. The number of hydrogen-bond donors (Lipinski definition) is 2. The Hall–Kier alpha value is -2.93. The molecule has 0 saturated heterocycles. The van der Waals surface area contributed by atoms with Gasteiger partial charge in [-0.1, -0.05) is 0 Å². The molecule has 0 fully saturated rings. The standard InChI is InChI=1S/C22H17N3O3SSe/c1-12(26)13-3-5-14(6-4-13)17-11-20(25-22(24-17)29-2)23-16-7-8-18-15(9-16)10-19(30-18)21(27)28/h3-11H,1-2H3,(H,27,28)(H,23,24,25). The molecule has 0 atom stereocenters. The number of carbonyl (C=O) groups excluding carboxylic acids is 1. The van der Waals surface area contributed by atoms with E-state index in [1.165, 1.54) is 11.8 Å². The van der Waals surface area contributed by atoms with Crippen LogP contribution in [0.5, 0.6) is 0 Å². The van der Waals surface area contributed by atoms with Crippen molar-refractivity contribution in [2.24, 2.45) is 0 Å². The van der Waals surface area contributed by atoms with Crippen LogP contribution in [0.2, 0.25) is 0 Å². The molecule has 2 aromatic carbocycles. The molecular weight excluding hydrogens is 465 g/mol. The summed E-state index contributed by atoms with van der Waals surface area (Å²) in [5, 5.41) is 14.1. The van der Waals surface area contributed by atoms with Crippen LogP contribution in [0.15, 0.2) is 59.8 Å². The molecule has 0 radical (unpaired) electrons. The van der Waals surface area contributed by atoms with E-state index in [9.17, 15) is 14.7 Å². The molecule has 8 heteroatoms. The van der Waals surface area contributed by atoms with Crippen LogP contribution in [-0.2, 0) is 0 Å². The van der Waals surface area contributed by atoms with Crippen LogP contribution < -0.4 is 5.32 Å². The molecule has 150 valence electrons. The van der Waals surface area contributed by atoms with Crippen molar-refractivity contribution in [2.75, 3.05) is 11.6 Å². The number of aromatic nitrogens is 2. The van der Waals surface area contributed by atoms with Crippen molar-refractivity contribution in [3.05, 3.63) is 64.6 Å². The van der Waals surface area contributed by atoms with E-state index in [0.29, 0.717) is 21.0 Å². The molecule has 30 heavy (non-hydrogen) atoms. The van der Waals surface area contributed by atoms with Crippen molar-refractivity contribution in [1.29, 1.82) is 0 Å². The van der Waals surface area contributed by atoms with Gasteiger partial charge in [0.05, 0.1) is 0 Å². The van der Waals surface area contributed by atoms with E-state index in [2.05, 4.69) is 15.3 Å². The number of benzene rings is 2. The van der Waals surface area contributed by atoms with Gasteiger partial charge in [-0.15, -0.1) is 0 Å². The fourth-order valence-corrected chi connectivity index (χ4v) is 5.21. The number of nitrogens with zero attached hydrogens (tertiary/aromatic N) is 2. The Morgan fingerprint density at radius 2 is 1.80 bits per heavy atom. The average Bonchev–Trinajstić information content (AvgIpc) is 3.17. The minimum atomic E-state index is -0.860. The number of thioether (sulfide) groups is 1. The van der Waals surface area contributed by atoms with Crippen molar-refractivity contribution in [2.45, 2.75) is 12.1 Å². The van der Waals surface area contributed by atoms with E-state index in [1.807, 2.05) is 42.7 Å². The van der Waals surface area contributed by atoms with Crippen molar-refractivity contribution in [3.63, 3.8) is 0 Å². The number of carboxylic acid groups (broad SMARTS) is 1. The average molecular weight is 482 g/mol. The Kier molecular flexibility index (Phi) is 5.72. The molecule has 0 aliphatic heterocycles. The third-order valence-corrected chi connectivity index (χ3v) is 7.34. The number of anilines is 2.